The molecule has 0 fully saturated rings. The lowest BCUT2D eigenvalue weighted by Crippen LogP contribution is -2.03. The Morgan fingerprint density at radius 2 is 2.42 bits per heavy atom. The van der Waals surface area contributed by atoms with Crippen LogP contribution in [0.2, 0.25) is 0 Å². The van der Waals surface area contributed by atoms with Crippen molar-refractivity contribution >= 4 is 6.09 Å². The van der Waals surface area contributed by atoms with Crippen LogP contribution in [0, 0.1) is 11.3 Å². The molecule has 0 aromatic rings. The highest BCUT2D eigenvalue weighted by molar-refractivity contribution is 5.68. The van der Waals surface area contributed by atoms with E-state index < -0.39 is 6.09 Å². The summed E-state index contributed by atoms with van der Waals surface area (Å²) in [6.45, 7) is 1.54. The average Bonchev–Trinajstić information content (AvgIpc) is 1.98. The predicted molar refractivity (Wildman–Crippen MR) is 36.2 cm³/mol. The molecule has 0 bridgehead atoms. The molecule has 0 heterocycles. The Morgan fingerprint density at radius 3 is 2.75 bits per heavy atom. The van der Waals surface area contributed by atoms with Gasteiger partial charge in [-0.05, 0) is 13.0 Å². The van der Waals surface area contributed by atoms with Crippen molar-refractivity contribution in [2.45, 2.75) is 6.92 Å². The lowest BCUT2D eigenvalue weighted by molar-refractivity contribution is -0.801. The molecule has 6 heteroatoms. The number of hydrogen-bond donors (Lipinski definition) is 1. The first-order valence-electron chi connectivity index (χ1n) is 3.02. The second-order valence-electron chi connectivity index (χ2n) is 1.72. The van der Waals surface area contributed by atoms with Gasteiger partial charge in [0.1, 0.15) is 11.2 Å². The third-order valence-corrected chi connectivity index (χ3v) is 0.796. The standard InChI is InChI=1S/C6H8N3O3/c1-3-5(4-7)12-6(10)8-9(2)11/h3H,1-2H3,(H,8,10,11)/q+1/b5-3-. The number of hydrogen-bond acceptors (Lipinski definition) is 3. The minimum atomic E-state index is -1.05. The number of nitriles is 1. The van der Waals surface area contributed by atoms with E-state index >= 15 is 0 Å². The molecular weight excluding hydrogens is 162 g/mol. The maximum atomic E-state index is 10.6. The average molecular weight is 170 g/mol. The van der Waals surface area contributed by atoms with Crippen molar-refractivity contribution in [2.75, 3.05) is 7.05 Å². The highest BCUT2D eigenvalue weighted by Gasteiger charge is 2.08. The van der Waals surface area contributed by atoms with Crippen molar-refractivity contribution in [2.24, 2.45) is 5.11 Å². The zero-order valence-corrected chi connectivity index (χ0v) is 6.68. The predicted octanol–water partition coefficient (Wildman–Crippen LogP) is 1.03. The fourth-order valence-corrected chi connectivity index (χ4v) is 0.379. The van der Waals surface area contributed by atoms with Crippen LogP contribution < -0.4 is 0 Å². The van der Waals surface area contributed by atoms with Crippen LogP contribution in [0.15, 0.2) is 16.9 Å². The summed E-state index contributed by atoms with van der Waals surface area (Å²) in [6.07, 6.45) is 0.264. The molecule has 6 nitrogen and oxygen atoms in total. The molecule has 0 saturated carbocycles. The lowest BCUT2D eigenvalue weighted by Gasteiger charge is -1.91. The SMILES string of the molecule is C/C=C(/C#N)OC(=O)N=[N+](C)O. The number of nitrogens with zero attached hydrogens (tertiary/aromatic N) is 3. The summed E-state index contributed by atoms with van der Waals surface area (Å²) >= 11 is 0. The van der Waals surface area contributed by atoms with E-state index in [-0.39, 0.29) is 5.76 Å². The van der Waals surface area contributed by atoms with Crippen LogP contribution in [0.3, 0.4) is 0 Å². The molecular formula is C6H8N3O3+. The third kappa shape index (κ3) is 4.00. The van der Waals surface area contributed by atoms with E-state index in [0.29, 0.717) is 4.86 Å². The van der Waals surface area contributed by atoms with Gasteiger partial charge in [0.25, 0.3) is 0 Å². The summed E-state index contributed by atoms with van der Waals surface area (Å²) in [7, 11) is 1.14. The molecule has 0 aromatic heterocycles. The van der Waals surface area contributed by atoms with Gasteiger partial charge in [-0.1, -0.05) is 0 Å². The molecule has 0 atom stereocenters. The second-order valence-corrected chi connectivity index (χ2v) is 1.72. The number of carbonyl (C=O) groups excluding carboxylic acids is 1. The molecule has 0 unspecified atom stereocenters. The number of allylic oxidation sites excluding steroid dienone is 2. The van der Waals surface area contributed by atoms with Gasteiger partial charge in [-0.25, -0.2) is 4.79 Å². The van der Waals surface area contributed by atoms with Crippen LogP contribution in [0.5, 0.6) is 0 Å². The Hall–Kier alpha value is -1.90. The Kier molecular flexibility index (Phi) is 4.08. The van der Waals surface area contributed by atoms with Gasteiger partial charge < -0.3 is 4.74 Å². The summed E-state index contributed by atoms with van der Waals surface area (Å²) < 4.78 is 4.35. The molecule has 0 radical (unpaired) electrons. The van der Waals surface area contributed by atoms with E-state index in [2.05, 4.69) is 9.85 Å². The largest absolute Gasteiger partial charge is 0.501 e. The van der Waals surface area contributed by atoms with Crippen molar-refractivity contribution in [1.82, 2.24) is 0 Å². The van der Waals surface area contributed by atoms with E-state index in [1.165, 1.54) is 13.0 Å². The van der Waals surface area contributed by atoms with Crippen LogP contribution in [-0.4, -0.2) is 23.2 Å². The number of carbonyl (C=O) groups is 1. The molecule has 12 heavy (non-hydrogen) atoms. The highest BCUT2D eigenvalue weighted by Crippen LogP contribution is 1.96. The van der Waals surface area contributed by atoms with Crippen LogP contribution in [0.1, 0.15) is 6.92 Å². The fourth-order valence-electron chi connectivity index (χ4n) is 0.379. The number of amides is 1. The van der Waals surface area contributed by atoms with Crippen LogP contribution in [0.4, 0.5) is 4.79 Å². The summed E-state index contributed by atoms with van der Waals surface area (Å²) in [5.74, 6) is -0.161. The minimum absolute atomic E-state index is 0.161. The molecule has 1 amide bonds. The van der Waals surface area contributed by atoms with Crippen molar-refractivity contribution in [3.63, 3.8) is 0 Å². The topological polar surface area (TPSA) is 85.7 Å². The minimum Gasteiger partial charge on any atom is -0.394 e. The van der Waals surface area contributed by atoms with E-state index in [4.69, 9.17) is 10.5 Å². The quantitative estimate of drug-likeness (QED) is 0.209. The smallest absolute Gasteiger partial charge is 0.394 e. The number of hydroxylamine groups is 1. The van der Waals surface area contributed by atoms with Crippen LogP contribution in [0.25, 0.3) is 0 Å². The van der Waals surface area contributed by atoms with E-state index in [9.17, 15) is 4.79 Å². The highest BCUT2D eigenvalue weighted by atomic mass is 16.6. The van der Waals surface area contributed by atoms with Gasteiger partial charge in [0.05, 0.1) is 4.86 Å². The van der Waals surface area contributed by atoms with Crippen LogP contribution in [-0.2, 0) is 4.74 Å². The molecule has 0 saturated heterocycles. The molecule has 0 aliphatic carbocycles. The van der Waals surface area contributed by atoms with Gasteiger partial charge in [-0.15, -0.1) is 0 Å². The Labute approximate surface area is 68.9 Å². The Morgan fingerprint density at radius 1 is 1.83 bits per heavy atom. The van der Waals surface area contributed by atoms with Gasteiger partial charge in [-0.2, -0.15) is 5.26 Å². The van der Waals surface area contributed by atoms with Gasteiger partial charge in [0.2, 0.25) is 12.8 Å². The van der Waals surface area contributed by atoms with Gasteiger partial charge >= 0.3 is 6.09 Å². The van der Waals surface area contributed by atoms with Crippen molar-refractivity contribution in [3.05, 3.63) is 11.8 Å². The molecule has 0 spiro atoms. The summed E-state index contributed by atoms with van der Waals surface area (Å²) in [6, 6.07) is 1.61. The van der Waals surface area contributed by atoms with Gasteiger partial charge in [-0.3, -0.25) is 5.21 Å². The van der Waals surface area contributed by atoms with Gasteiger partial charge in [0, 0.05) is 0 Å². The maximum absolute atomic E-state index is 10.6. The zero-order chi connectivity index (χ0) is 9.56. The van der Waals surface area contributed by atoms with Gasteiger partial charge in [0.15, 0.2) is 0 Å². The van der Waals surface area contributed by atoms with E-state index in [1.54, 1.807) is 6.07 Å². The number of azo groups is 1. The van der Waals surface area contributed by atoms with Crippen molar-refractivity contribution < 1.29 is 19.6 Å². The van der Waals surface area contributed by atoms with Crippen molar-refractivity contribution in [3.8, 4) is 6.07 Å². The normalized spacial score (nSPS) is 12.1. The monoisotopic (exact) mass is 170 g/mol. The Bertz CT molecular complexity index is 270. The molecule has 0 aliphatic rings. The Balaban J connectivity index is 4.22. The zero-order valence-electron chi connectivity index (χ0n) is 6.68. The lowest BCUT2D eigenvalue weighted by atomic mass is 10.5. The number of rotatable bonds is 1. The fraction of sp³-hybridized carbons (Fsp3) is 0.333. The second kappa shape index (κ2) is 4.85. The van der Waals surface area contributed by atoms with Crippen molar-refractivity contribution in [1.29, 1.82) is 5.26 Å². The molecule has 0 aromatic carbocycles. The summed E-state index contributed by atoms with van der Waals surface area (Å²) in [5.41, 5.74) is 0. The molecule has 0 rings (SSSR count). The number of ether oxygens (including phenoxy) is 1. The molecule has 64 valence electrons. The first-order valence-corrected chi connectivity index (χ1v) is 3.02. The summed E-state index contributed by atoms with van der Waals surface area (Å²) in [5, 5.41) is 19.7. The molecule has 0 aliphatic heterocycles. The first-order chi connectivity index (χ1) is 5.60. The van der Waals surface area contributed by atoms with E-state index in [0.717, 1.165) is 7.05 Å². The van der Waals surface area contributed by atoms with Crippen LogP contribution >= 0.6 is 0 Å². The summed E-state index contributed by atoms with van der Waals surface area (Å²) in [4.78, 5) is 10.9. The third-order valence-electron chi connectivity index (χ3n) is 0.796. The maximum Gasteiger partial charge on any atom is 0.501 e. The first kappa shape index (κ1) is 10.1. The molecule has 1 N–H and O–H groups in total. The van der Waals surface area contributed by atoms with E-state index in [1.807, 2.05) is 0 Å².